The maximum absolute atomic E-state index is 13.1. The molecule has 0 atom stereocenters. The predicted octanol–water partition coefficient (Wildman–Crippen LogP) is 2.96. The zero-order chi connectivity index (χ0) is 24.0. The van der Waals surface area contributed by atoms with E-state index in [1.165, 1.54) is 4.90 Å². The van der Waals surface area contributed by atoms with Crippen LogP contribution in [0.1, 0.15) is 28.8 Å². The highest BCUT2D eigenvalue weighted by molar-refractivity contribution is 6.08. The summed E-state index contributed by atoms with van der Waals surface area (Å²) in [5.41, 5.74) is 4.10. The summed E-state index contributed by atoms with van der Waals surface area (Å²) in [5.74, 6) is -1.21. The Kier molecular flexibility index (Phi) is 5.28. The van der Waals surface area contributed by atoms with Gasteiger partial charge in [0.25, 0.3) is 17.7 Å². The molecule has 3 heterocycles. The average Bonchev–Trinajstić information content (AvgIpc) is 3.56. The van der Waals surface area contributed by atoms with E-state index in [2.05, 4.69) is 23.6 Å². The van der Waals surface area contributed by atoms with E-state index in [0.717, 1.165) is 40.4 Å². The second-order valence-corrected chi connectivity index (χ2v) is 8.68. The van der Waals surface area contributed by atoms with Gasteiger partial charge in [-0.25, -0.2) is 0 Å². The number of amides is 3. The Bertz CT molecular complexity index is 1380. The third-order valence-electron chi connectivity index (χ3n) is 6.40. The van der Waals surface area contributed by atoms with Crippen molar-refractivity contribution in [3.8, 4) is 11.1 Å². The lowest BCUT2D eigenvalue weighted by molar-refractivity contribution is -0.128. The van der Waals surface area contributed by atoms with Crippen molar-refractivity contribution in [3.63, 3.8) is 0 Å². The molecule has 2 aliphatic rings. The van der Waals surface area contributed by atoms with Gasteiger partial charge in [-0.1, -0.05) is 31.4 Å². The minimum absolute atomic E-state index is 0.0114. The lowest BCUT2D eigenvalue weighted by atomic mass is 9.96. The summed E-state index contributed by atoms with van der Waals surface area (Å²) in [7, 11) is 1.88. The molecule has 0 radical (unpaired) electrons. The highest BCUT2D eigenvalue weighted by Gasteiger charge is 2.34. The molecule has 0 unspecified atom stereocenters. The minimum Gasteiger partial charge on any atom is -0.337 e. The van der Waals surface area contributed by atoms with E-state index in [4.69, 9.17) is 0 Å². The molecule has 5 rings (SSSR count). The van der Waals surface area contributed by atoms with Gasteiger partial charge >= 0.3 is 0 Å². The summed E-state index contributed by atoms with van der Waals surface area (Å²) in [6.07, 6.45) is 3.83. The molecule has 0 saturated carbocycles. The summed E-state index contributed by atoms with van der Waals surface area (Å²) >= 11 is 0. The number of fused-ring (bicyclic) bond motifs is 2. The van der Waals surface area contributed by atoms with Crippen LogP contribution in [0.25, 0.3) is 22.0 Å². The minimum atomic E-state index is -0.614. The molecule has 0 aliphatic carbocycles. The lowest BCUT2D eigenvalue weighted by Crippen LogP contribution is -2.39. The van der Waals surface area contributed by atoms with Crippen molar-refractivity contribution in [1.29, 1.82) is 0 Å². The van der Waals surface area contributed by atoms with Gasteiger partial charge in [-0.2, -0.15) is 5.10 Å². The SMILES string of the molecule is C=C(NC(=O)C(=C)N1Cc2c(cccc2-c2ccc3nn(C)cc3c2)C1=O)C(=O)N1CCCC1. The van der Waals surface area contributed by atoms with Gasteiger partial charge in [0.1, 0.15) is 5.70 Å². The normalized spacial score (nSPS) is 15.0. The van der Waals surface area contributed by atoms with Crippen molar-refractivity contribution in [2.75, 3.05) is 13.1 Å². The third kappa shape index (κ3) is 3.67. The molecule has 2 aromatic carbocycles. The Morgan fingerprint density at radius 2 is 1.79 bits per heavy atom. The van der Waals surface area contributed by atoms with Crippen molar-refractivity contribution < 1.29 is 14.4 Å². The van der Waals surface area contributed by atoms with Crippen LogP contribution >= 0.6 is 0 Å². The molecule has 1 fully saturated rings. The van der Waals surface area contributed by atoms with Crippen molar-refractivity contribution in [2.24, 2.45) is 7.05 Å². The van der Waals surface area contributed by atoms with Gasteiger partial charge in [0.05, 0.1) is 17.8 Å². The maximum Gasteiger partial charge on any atom is 0.271 e. The number of likely N-dealkylation sites (tertiary alicyclic amines) is 1. The second-order valence-electron chi connectivity index (χ2n) is 8.68. The summed E-state index contributed by atoms with van der Waals surface area (Å²) in [4.78, 5) is 41.4. The zero-order valence-electron chi connectivity index (χ0n) is 19.0. The van der Waals surface area contributed by atoms with Crippen molar-refractivity contribution >= 4 is 28.6 Å². The molecule has 172 valence electrons. The third-order valence-corrected chi connectivity index (χ3v) is 6.40. The number of carbonyl (C=O) groups excluding carboxylic acids is 3. The van der Waals surface area contributed by atoms with Crippen LogP contribution in [0.2, 0.25) is 0 Å². The average molecular weight is 456 g/mol. The van der Waals surface area contributed by atoms with E-state index < -0.39 is 5.91 Å². The molecule has 3 amide bonds. The van der Waals surface area contributed by atoms with Crippen LogP contribution in [0.3, 0.4) is 0 Å². The first-order chi connectivity index (χ1) is 16.3. The first-order valence-electron chi connectivity index (χ1n) is 11.2. The number of hydrogen-bond donors (Lipinski definition) is 1. The number of aryl methyl sites for hydroxylation is 1. The van der Waals surface area contributed by atoms with Gasteiger partial charge in [-0.3, -0.25) is 24.0 Å². The number of rotatable bonds is 5. The molecule has 2 aliphatic heterocycles. The number of hydrogen-bond acceptors (Lipinski definition) is 4. The van der Waals surface area contributed by atoms with Crippen molar-refractivity contribution in [2.45, 2.75) is 19.4 Å². The number of aromatic nitrogens is 2. The number of nitrogens with one attached hydrogen (secondary N) is 1. The van der Waals surface area contributed by atoms with Gasteiger partial charge in [0.15, 0.2) is 0 Å². The van der Waals surface area contributed by atoms with Gasteiger partial charge < -0.3 is 10.2 Å². The fraction of sp³-hybridized carbons (Fsp3) is 0.231. The fourth-order valence-electron chi connectivity index (χ4n) is 4.63. The molecule has 1 saturated heterocycles. The molecule has 34 heavy (non-hydrogen) atoms. The van der Waals surface area contributed by atoms with Crippen LogP contribution in [0.15, 0.2) is 67.1 Å². The lowest BCUT2D eigenvalue weighted by Gasteiger charge is -2.20. The molecule has 0 spiro atoms. The van der Waals surface area contributed by atoms with Crippen LogP contribution < -0.4 is 5.32 Å². The van der Waals surface area contributed by atoms with E-state index in [-0.39, 0.29) is 29.8 Å². The monoisotopic (exact) mass is 455 g/mol. The molecule has 8 nitrogen and oxygen atoms in total. The van der Waals surface area contributed by atoms with E-state index in [1.54, 1.807) is 15.6 Å². The second kappa shape index (κ2) is 8.30. The Hall–Kier alpha value is -4.20. The maximum atomic E-state index is 13.1. The summed E-state index contributed by atoms with van der Waals surface area (Å²) < 4.78 is 1.76. The predicted molar refractivity (Wildman–Crippen MR) is 128 cm³/mol. The highest BCUT2D eigenvalue weighted by atomic mass is 16.2. The Morgan fingerprint density at radius 3 is 2.56 bits per heavy atom. The van der Waals surface area contributed by atoms with Crippen LogP contribution in [0.4, 0.5) is 0 Å². The van der Waals surface area contributed by atoms with E-state index >= 15 is 0 Å². The Balaban J connectivity index is 1.36. The Morgan fingerprint density at radius 1 is 1.06 bits per heavy atom. The number of carbonyl (C=O) groups is 3. The van der Waals surface area contributed by atoms with Crippen LogP contribution in [0.5, 0.6) is 0 Å². The fourth-order valence-corrected chi connectivity index (χ4v) is 4.63. The van der Waals surface area contributed by atoms with Crippen molar-refractivity contribution in [3.05, 3.63) is 78.3 Å². The smallest absolute Gasteiger partial charge is 0.271 e. The van der Waals surface area contributed by atoms with Crippen LogP contribution in [-0.2, 0) is 23.2 Å². The molecule has 1 aromatic heterocycles. The van der Waals surface area contributed by atoms with E-state index in [0.29, 0.717) is 18.7 Å². The highest BCUT2D eigenvalue weighted by Crippen LogP contribution is 2.35. The van der Waals surface area contributed by atoms with Crippen molar-refractivity contribution in [1.82, 2.24) is 24.9 Å². The standard InChI is InChI=1S/C26H25N5O3/c1-16(25(33)30-11-4-5-12-30)27-24(32)17(2)31-15-22-20(7-6-8-21(22)26(31)34)18-9-10-23-19(13-18)14-29(3)28-23/h6-10,13-14H,1-2,4-5,11-12,15H2,3H3,(H,27,32). The van der Waals surface area contributed by atoms with Crippen LogP contribution in [0, 0.1) is 0 Å². The first kappa shape index (κ1) is 21.6. The number of nitrogens with zero attached hydrogens (tertiary/aromatic N) is 4. The largest absolute Gasteiger partial charge is 0.337 e. The van der Waals surface area contributed by atoms with E-state index in [1.807, 2.05) is 43.6 Å². The van der Waals surface area contributed by atoms with Gasteiger partial charge in [-0.05, 0) is 47.7 Å². The topological polar surface area (TPSA) is 87.5 Å². The quantitative estimate of drug-likeness (QED) is 0.600. The summed E-state index contributed by atoms with van der Waals surface area (Å²) in [6, 6.07) is 11.5. The molecule has 1 N–H and O–H groups in total. The molecule has 8 heteroatoms. The van der Waals surface area contributed by atoms with Crippen LogP contribution in [-0.4, -0.2) is 50.4 Å². The molecule has 0 bridgehead atoms. The molecule has 3 aromatic rings. The Labute approximate surface area is 197 Å². The van der Waals surface area contributed by atoms with Gasteiger partial charge in [0.2, 0.25) is 0 Å². The number of benzene rings is 2. The van der Waals surface area contributed by atoms with E-state index in [9.17, 15) is 14.4 Å². The molecular weight excluding hydrogens is 430 g/mol. The van der Waals surface area contributed by atoms with Gasteiger partial charge in [-0.15, -0.1) is 0 Å². The zero-order valence-corrected chi connectivity index (χ0v) is 19.0. The first-order valence-corrected chi connectivity index (χ1v) is 11.2. The summed E-state index contributed by atoms with van der Waals surface area (Å²) in [6.45, 7) is 9.08. The summed E-state index contributed by atoms with van der Waals surface area (Å²) in [5, 5.41) is 7.94. The van der Waals surface area contributed by atoms with Gasteiger partial charge in [0, 0.05) is 37.3 Å². The molecular formula is C26H25N5O3.